The van der Waals surface area contributed by atoms with Gasteiger partial charge in [-0.15, -0.1) is 11.3 Å². The Balaban J connectivity index is 1.82. The maximum atomic E-state index is 12.7. The van der Waals surface area contributed by atoms with Gasteiger partial charge in [-0.25, -0.2) is 18.1 Å². The highest BCUT2D eigenvalue weighted by atomic mass is 32.2. The number of ether oxygens (including phenoxy) is 1. The molecule has 0 unspecified atom stereocenters. The number of thiazole rings is 1. The van der Waals surface area contributed by atoms with Crippen LogP contribution in [-0.2, 0) is 16.6 Å². The third kappa shape index (κ3) is 4.37. The van der Waals surface area contributed by atoms with Crippen LogP contribution in [-0.4, -0.2) is 20.0 Å². The number of nitrogens with zero attached hydrogens (tertiary/aromatic N) is 1. The van der Waals surface area contributed by atoms with Gasteiger partial charge in [-0.3, -0.25) is 0 Å². The van der Waals surface area contributed by atoms with Crippen molar-refractivity contribution in [3.63, 3.8) is 0 Å². The predicted octanol–water partition coefficient (Wildman–Crippen LogP) is 4.30. The second kappa shape index (κ2) is 8.21. The van der Waals surface area contributed by atoms with Crippen LogP contribution in [0.5, 0.6) is 5.75 Å². The molecule has 3 rings (SSSR count). The molecule has 1 heterocycles. The van der Waals surface area contributed by atoms with Gasteiger partial charge in [-0.1, -0.05) is 36.4 Å². The highest BCUT2D eigenvalue weighted by Crippen LogP contribution is 2.30. The summed E-state index contributed by atoms with van der Waals surface area (Å²) in [6.07, 6.45) is 0. The first kappa shape index (κ1) is 19.5. The van der Waals surface area contributed by atoms with Crippen molar-refractivity contribution in [2.24, 2.45) is 0 Å². The summed E-state index contributed by atoms with van der Waals surface area (Å²) in [4.78, 5) is 5.66. The highest BCUT2D eigenvalue weighted by Gasteiger charge is 2.20. The molecule has 0 bridgehead atoms. The lowest BCUT2D eigenvalue weighted by Gasteiger charge is -2.11. The molecule has 27 heavy (non-hydrogen) atoms. The summed E-state index contributed by atoms with van der Waals surface area (Å²) in [5.74, 6) is 0.356. The smallest absolute Gasteiger partial charge is 0.244 e. The van der Waals surface area contributed by atoms with E-state index in [0.29, 0.717) is 12.4 Å². The Morgan fingerprint density at radius 2 is 1.78 bits per heavy atom. The van der Waals surface area contributed by atoms with Gasteiger partial charge in [0.1, 0.15) is 15.7 Å². The molecule has 0 fully saturated rings. The zero-order chi connectivity index (χ0) is 19.4. The number of aromatic nitrogens is 1. The third-order valence-corrected chi connectivity index (χ3v) is 6.76. The number of hydrogen-bond donors (Lipinski definition) is 1. The summed E-state index contributed by atoms with van der Waals surface area (Å²) >= 11 is 1.51. The maximum absolute atomic E-state index is 12.7. The van der Waals surface area contributed by atoms with Crippen molar-refractivity contribution in [1.82, 2.24) is 9.71 Å². The topological polar surface area (TPSA) is 68.3 Å². The molecule has 0 spiro atoms. The van der Waals surface area contributed by atoms with E-state index in [-0.39, 0.29) is 11.4 Å². The maximum Gasteiger partial charge on any atom is 0.244 e. The Morgan fingerprint density at radius 3 is 2.52 bits per heavy atom. The van der Waals surface area contributed by atoms with Gasteiger partial charge in [-0.2, -0.15) is 0 Å². The van der Waals surface area contributed by atoms with Crippen LogP contribution < -0.4 is 9.46 Å². The number of benzene rings is 2. The number of hydrogen-bond acceptors (Lipinski definition) is 5. The molecule has 0 atom stereocenters. The molecule has 0 aliphatic heterocycles. The molecule has 0 radical (unpaired) electrons. The molecule has 0 saturated heterocycles. The van der Waals surface area contributed by atoms with E-state index in [1.807, 2.05) is 45.0 Å². The van der Waals surface area contributed by atoms with Gasteiger partial charge in [0.25, 0.3) is 0 Å². The fraction of sp³-hybridized carbons (Fsp3) is 0.250. The second-order valence-corrected chi connectivity index (χ2v) is 8.87. The minimum atomic E-state index is -3.69. The lowest BCUT2D eigenvalue weighted by atomic mass is 10.1. The highest BCUT2D eigenvalue weighted by molar-refractivity contribution is 7.89. The van der Waals surface area contributed by atoms with E-state index >= 15 is 0 Å². The molecular weight excluding hydrogens is 380 g/mol. The fourth-order valence-electron chi connectivity index (χ4n) is 2.71. The summed E-state index contributed by atoms with van der Waals surface area (Å²) in [7, 11) is -3.69. The Labute approximate surface area is 164 Å². The zero-order valence-electron chi connectivity index (χ0n) is 15.5. The Hall–Kier alpha value is -2.22. The summed E-state index contributed by atoms with van der Waals surface area (Å²) in [6.45, 7) is 6.36. The molecule has 1 aromatic heterocycles. The van der Waals surface area contributed by atoms with Crippen LogP contribution >= 0.6 is 11.3 Å². The van der Waals surface area contributed by atoms with Gasteiger partial charge in [-0.05, 0) is 38.5 Å². The number of rotatable bonds is 7. The summed E-state index contributed by atoms with van der Waals surface area (Å²) < 4.78 is 33.6. The quantitative estimate of drug-likeness (QED) is 0.640. The first-order valence-corrected chi connectivity index (χ1v) is 11.0. The molecule has 5 nitrogen and oxygen atoms in total. The first-order chi connectivity index (χ1) is 12.9. The number of aryl methyl sites for hydroxylation is 2. The molecule has 0 aliphatic rings. The Kier molecular flexibility index (Phi) is 5.94. The normalized spacial score (nSPS) is 11.5. The van der Waals surface area contributed by atoms with Crippen LogP contribution in [0.4, 0.5) is 0 Å². The molecular formula is C20H22N2O3S2. The van der Waals surface area contributed by atoms with Gasteiger partial charge < -0.3 is 4.74 Å². The molecule has 3 aromatic rings. The van der Waals surface area contributed by atoms with Gasteiger partial charge in [0.2, 0.25) is 10.0 Å². The molecule has 0 amide bonds. The van der Waals surface area contributed by atoms with E-state index in [4.69, 9.17) is 4.74 Å². The van der Waals surface area contributed by atoms with Crippen molar-refractivity contribution in [2.75, 3.05) is 6.61 Å². The van der Waals surface area contributed by atoms with Crippen molar-refractivity contribution in [1.29, 1.82) is 0 Å². The van der Waals surface area contributed by atoms with Gasteiger partial charge in [0, 0.05) is 17.0 Å². The molecule has 0 saturated carbocycles. The molecule has 1 N–H and O–H groups in total. The molecule has 7 heteroatoms. The lowest BCUT2D eigenvalue weighted by Crippen LogP contribution is -2.23. The molecule has 142 valence electrons. The SMILES string of the molecule is CCOc1ccccc1S(=O)(=O)NCc1sc(-c2ccccc2C)nc1C. The van der Waals surface area contributed by atoms with Gasteiger partial charge >= 0.3 is 0 Å². The molecule has 0 aliphatic carbocycles. The lowest BCUT2D eigenvalue weighted by molar-refractivity contribution is 0.331. The number of sulfonamides is 1. The Bertz CT molecular complexity index is 1040. The fourth-order valence-corrected chi connectivity index (χ4v) is 5.03. The first-order valence-electron chi connectivity index (χ1n) is 8.66. The van der Waals surface area contributed by atoms with E-state index < -0.39 is 10.0 Å². The van der Waals surface area contributed by atoms with E-state index in [1.165, 1.54) is 11.3 Å². The molecule has 2 aromatic carbocycles. The Morgan fingerprint density at radius 1 is 1.07 bits per heavy atom. The minimum Gasteiger partial charge on any atom is -0.492 e. The second-order valence-electron chi connectivity index (χ2n) is 6.05. The van der Waals surface area contributed by atoms with Crippen molar-refractivity contribution in [2.45, 2.75) is 32.2 Å². The average Bonchev–Trinajstić information content (AvgIpc) is 3.02. The van der Waals surface area contributed by atoms with Crippen LogP contribution in [0, 0.1) is 13.8 Å². The van der Waals surface area contributed by atoms with Crippen LogP contribution in [0.2, 0.25) is 0 Å². The van der Waals surface area contributed by atoms with E-state index in [9.17, 15) is 8.42 Å². The van der Waals surface area contributed by atoms with Crippen molar-refractivity contribution in [3.05, 3.63) is 64.7 Å². The monoisotopic (exact) mass is 402 g/mol. The number of para-hydroxylation sites is 1. The number of nitrogens with one attached hydrogen (secondary N) is 1. The van der Waals surface area contributed by atoms with Crippen molar-refractivity contribution in [3.8, 4) is 16.3 Å². The summed E-state index contributed by atoms with van der Waals surface area (Å²) in [6, 6.07) is 14.7. The van der Waals surface area contributed by atoms with Crippen LogP contribution in [0.1, 0.15) is 23.1 Å². The summed E-state index contributed by atoms with van der Waals surface area (Å²) in [5.41, 5.74) is 3.05. The van der Waals surface area contributed by atoms with Crippen LogP contribution in [0.25, 0.3) is 10.6 Å². The van der Waals surface area contributed by atoms with E-state index in [1.54, 1.807) is 24.3 Å². The predicted molar refractivity (Wildman–Crippen MR) is 109 cm³/mol. The average molecular weight is 403 g/mol. The third-order valence-electron chi connectivity index (χ3n) is 4.13. The van der Waals surface area contributed by atoms with E-state index in [0.717, 1.165) is 26.7 Å². The standard InChI is InChI=1S/C20H22N2O3S2/c1-4-25-17-11-7-8-12-19(17)27(23,24)21-13-18-15(3)22-20(26-18)16-10-6-5-9-14(16)2/h5-12,21H,4,13H2,1-3H3. The summed E-state index contributed by atoms with van der Waals surface area (Å²) in [5, 5.41) is 0.898. The minimum absolute atomic E-state index is 0.146. The van der Waals surface area contributed by atoms with Crippen molar-refractivity contribution >= 4 is 21.4 Å². The van der Waals surface area contributed by atoms with Gasteiger partial charge in [0.05, 0.1) is 12.3 Å². The van der Waals surface area contributed by atoms with Crippen LogP contribution in [0.15, 0.2) is 53.4 Å². The van der Waals surface area contributed by atoms with Crippen LogP contribution in [0.3, 0.4) is 0 Å². The van der Waals surface area contributed by atoms with E-state index in [2.05, 4.69) is 9.71 Å². The van der Waals surface area contributed by atoms with Gasteiger partial charge in [0.15, 0.2) is 0 Å². The largest absolute Gasteiger partial charge is 0.492 e. The van der Waals surface area contributed by atoms with Crippen molar-refractivity contribution < 1.29 is 13.2 Å². The zero-order valence-corrected chi connectivity index (χ0v) is 17.2.